The second-order valence-electron chi connectivity index (χ2n) is 4.48. The van der Waals surface area contributed by atoms with Crippen molar-refractivity contribution in [1.82, 2.24) is 9.78 Å². The van der Waals surface area contributed by atoms with Crippen LogP contribution < -0.4 is 11.1 Å². The van der Waals surface area contributed by atoms with E-state index in [0.29, 0.717) is 6.54 Å². The van der Waals surface area contributed by atoms with Crippen LogP contribution in [-0.2, 0) is 6.54 Å². The van der Waals surface area contributed by atoms with Crippen LogP contribution in [0.3, 0.4) is 0 Å². The fourth-order valence-electron chi connectivity index (χ4n) is 1.97. The van der Waals surface area contributed by atoms with Crippen LogP contribution in [0, 0.1) is 0 Å². The number of halogens is 1. The third-order valence-electron chi connectivity index (χ3n) is 2.91. The number of benzene rings is 1. The summed E-state index contributed by atoms with van der Waals surface area (Å²) in [6.45, 7) is 3.61. The van der Waals surface area contributed by atoms with Crippen molar-refractivity contribution in [3.8, 4) is 0 Å². The van der Waals surface area contributed by atoms with E-state index >= 15 is 0 Å². The van der Waals surface area contributed by atoms with Gasteiger partial charge < -0.3 is 11.1 Å². The summed E-state index contributed by atoms with van der Waals surface area (Å²) < 4.78 is 3.01. The fraction of sp³-hybridized carbons (Fsp3) is 0.357. The molecule has 0 amide bonds. The van der Waals surface area contributed by atoms with Gasteiger partial charge in [-0.3, -0.25) is 4.68 Å². The maximum Gasteiger partial charge on any atom is 0.0667 e. The summed E-state index contributed by atoms with van der Waals surface area (Å²) in [6.07, 6.45) is 5.03. The lowest BCUT2D eigenvalue weighted by molar-refractivity contribution is 0.601. The van der Waals surface area contributed by atoms with E-state index in [1.165, 1.54) is 0 Å². The van der Waals surface area contributed by atoms with Gasteiger partial charge >= 0.3 is 0 Å². The topological polar surface area (TPSA) is 55.9 Å². The highest BCUT2D eigenvalue weighted by Gasteiger charge is 2.11. The summed E-state index contributed by atoms with van der Waals surface area (Å²) in [4.78, 5) is 0. The average molecular weight is 323 g/mol. The van der Waals surface area contributed by atoms with Crippen LogP contribution in [0.2, 0.25) is 0 Å². The van der Waals surface area contributed by atoms with Crippen molar-refractivity contribution in [3.63, 3.8) is 0 Å². The number of nitrogens with zero attached hydrogens (tertiary/aromatic N) is 2. The van der Waals surface area contributed by atoms with Crippen LogP contribution in [-0.4, -0.2) is 16.3 Å². The molecule has 0 fully saturated rings. The molecule has 0 radical (unpaired) electrons. The van der Waals surface area contributed by atoms with E-state index in [0.717, 1.165) is 28.7 Å². The molecular formula is C14H19BrN4. The first-order chi connectivity index (χ1) is 9.22. The molecule has 1 aromatic heterocycles. The molecule has 19 heavy (non-hydrogen) atoms. The molecule has 0 saturated heterocycles. The van der Waals surface area contributed by atoms with Crippen LogP contribution in [0.5, 0.6) is 0 Å². The summed E-state index contributed by atoms with van der Waals surface area (Å²) in [5.74, 6) is 0. The Balaban J connectivity index is 2.10. The molecule has 0 bridgehead atoms. The van der Waals surface area contributed by atoms with Gasteiger partial charge in [0.2, 0.25) is 0 Å². The smallest absolute Gasteiger partial charge is 0.0667 e. The van der Waals surface area contributed by atoms with Gasteiger partial charge in [0.15, 0.2) is 0 Å². The summed E-state index contributed by atoms with van der Waals surface area (Å²) in [7, 11) is 0. The summed E-state index contributed by atoms with van der Waals surface area (Å²) >= 11 is 3.47. The van der Waals surface area contributed by atoms with Gasteiger partial charge in [-0.05, 0) is 24.6 Å². The second kappa shape index (κ2) is 6.73. The number of nitrogens with two attached hydrogens (primary N) is 1. The molecule has 3 N–H and O–H groups in total. The predicted molar refractivity (Wildman–Crippen MR) is 82.1 cm³/mol. The zero-order valence-corrected chi connectivity index (χ0v) is 12.6. The van der Waals surface area contributed by atoms with Crippen molar-refractivity contribution < 1.29 is 0 Å². The van der Waals surface area contributed by atoms with Gasteiger partial charge in [-0.2, -0.15) is 5.10 Å². The Bertz CT molecular complexity index is 524. The normalized spacial score (nSPS) is 12.4. The molecule has 2 aromatic rings. The lowest BCUT2D eigenvalue weighted by Gasteiger charge is -2.16. The van der Waals surface area contributed by atoms with Gasteiger partial charge in [0.25, 0.3) is 0 Å². The van der Waals surface area contributed by atoms with Crippen LogP contribution in [0.15, 0.2) is 41.1 Å². The molecule has 0 saturated carbocycles. The Morgan fingerprint density at radius 2 is 2.32 bits per heavy atom. The molecule has 5 heteroatoms. The predicted octanol–water partition coefficient (Wildman–Crippen LogP) is 3.17. The standard InChI is InChI=1S/C14H19BrN4/c1-2-6-19-10-11(9-17-19)14(8-16)18-13-5-3-4-12(15)7-13/h3-5,7,9-10,14,18H,2,6,8,16H2,1H3. The number of hydrogen-bond acceptors (Lipinski definition) is 3. The van der Waals surface area contributed by atoms with Gasteiger partial charge in [-0.1, -0.05) is 28.9 Å². The maximum atomic E-state index is 5.86. The average Bonchev–Trinajstić information content (AvgIpc) is 2.85. The number of hydrogen-bond donors (Lipinski definition) is 2. The van der Waals surface area contributed by atoms with Crippen LogP contribution in [0.25, 0.3) is 0 Å². The number of anilines is 1. The fourth-order valence-corrected chi connectivity index (χ4v) is 2.37. The molecule has 4 nitrogen and oxygen atoms in total. The van der Waals surface area contributed by atoms with Crippen molar-refractivity contribution in [3.05, 3.63) is 46.7 Å². The Morgan fingerprint density at radius 1 is 1.47 bits per heavy atom. The number of nitrogens with one attached hydrogen (secondary N) is 1. The minimum atomic E-state index is 0.0832. The van der Waals surface area contributed by atoms with Crippen LogP contribution in [0.1, 0.15) is 24.9 Å². The Hall–Kier alpha value is -1.33. The monoisotopic (exact) mass is 322 g/mol. The minimum Gasteiger partial charge on any atom is -0.377 e. The van der Waals surface area contributed by atoms with Gasteiger partial charge in [0, 0.05) is 35.0 Å². The highest BCUT2D eigenvalue weighted by molar-refractivity contribution is 9.10. The van der Waals surface area contributed by atoms with Gasteiger partial charge in [-0.25, -0.2) is 0 Å². The molecular weight excluding hydrogens is 304 g/mol. The largest absolute Gasteiger partial charge is 0.377 e. The Kier molecular flexibility index (Phi) is 4.99. The van der Waals surface area contributed by atoms with E-state index in [2.05, 4.69) is 39.5 Å². The molecule has 1 heterocycles. The third-order valence-corrected chi connectivity index (χ3v) is 3.40. The molecule has 0 aliphatic heterocycles. The van der Waals surface area contributed by atoms with Crippen molar-refractivity contribution in [2.45, 2.75) is 25.9 Å². The molecule has 102 valence electrons. The third kappa shape index (κ3) is 3.81. The van der Waals surface area contributed by atoms with E-state index < -0.39 is 0 Å². The van der Waals surface area contributed by atoms with Crippen LogP contribution in [0.4, 0.5) is 5.69 Å². The first-order valence-corrected chi connectivity index (χ1v) is 7.26. The summed E-state index contributed by atoms with van der Waals surface area (Å²) in [5.41, 5.74) is 8.03. The van der Waals surface area contributed by atoms with Crippen molar-refractivity contribution in [2.24, 2.45) is 5.73 Å². The number of aromatic nitrogens is 2. The van der Waals surface area contributed by atoms with Gasteiger partial charge in [0.1, 0.15) is 0 Å². The molecule has 2 rings (SSSR count). The van der Waals surface area contributed by atoms with Crippen molar-refractivity contribution >= 4 is 21.6 Å². The molecule has 1 atom stereocenters. The number of aryl methyl sites for hydroxylation is 1. The van der Waals surface area contributed by atoms with E-state index in [1.54, 1.807) is 0 Å². The summed E-state index contributed by atoms with van der Waals surface area (Å²) in [5, 5.41) is 7.78. The quantitative estimate of drug-likeness (QED) is 0.858. The maximum absolute atomic E-state index is 5.86. The minimum absolute atomic E-state index is 0.0832. The van der Waals surface area contributed by atoms with E-state index in [9.17, 15) is 0 Å². The van der Waals surface area contributed by atoms with E-state index in [1.807, 2.05) is 35.1 Å². The SMILES string of the molecule is CCCn1cc(C(CN)Nc2cccc(Br)c2)cn1. The molecule has 1 unspecified atom stereocenters. The van der Waals surface area contributed by atoms with Crippen LogP contribution >= 0.6 is 15.9 Å². The Labute approximate surface area is 122 Å². The van der Waals surface area contributed by atoms with Crippen molar-refractivity contribution in [2.75, 3.05) is 11.9 Å². The lowest BCUT2D eigenvalue weighted by Crippen LogP contribution is -2.20. The van der Waals surface area contributed by atoms with Crippen molar-refractivity contribution in [1.29, 1.82) is 0 Å². The summed E-state index contributed by atoms with van der Waals surface area (Å²) in [6, 6.07) is 8.16. The number of rotatable bonds is 6. The second-order valence-corrected chi connectivity index (χ2v) is 5.40. The highest BCUT2D eigenvalue weighted by atomic mass is 79.9. The van der Waals surface area contributed by atoms with Gasteiger partial charge in [0.05, 0.1) is 12.2 Å². The van der Waals surface area contributed by atoms with Gasteiger partial charge in [-0.15, -0.1) is 0 Å². The molecule has 1 aromatic carbocycles. The van der Waals surface area contributed by atoms with E-state index in [-0.39, 0.29) is 6.04 Å². The lowest BCUT2D eigenvalue weighted by atomic mass is 10.1. The highest BCUT2D eigenvalue weighted by Crippen LogP contribution is 2.21. The Morgan fingerprint density at radius 3 is 3.00 bits per heavy atom. The first kappa shape index (κ1) is 14.1. The molecule has 0 aliphatic rings. The van der Waals surface area contributed by atoms with E-state index in [4.69, 9.17) is 5.73 Å². The zero-order chi connectivity index (χ0) is 13.7. The molecule has 0 spiro atoms. The zero-order valence-electron chi connectivity index (χ0n) is 11.0. The first-order valence-electron chi connectivity index (χ1n) is 6.47. The molecule has 0 aliphatic carbocycles.